The Balaban J connectivity index is 1.54. The van der Waals surface area contributed by atoms with E-state index in [1.54, 1.807) is 0 Å². The molecule has 1 atom stereocenters. The third kappa shape index (κ3) is 1.95. The lowest BCUT2D eigenvalue weighted by molar-refractivity contribution is 0.136. The normalized spacial score (nSPS) is 26.0. The average molecular weight is 268 g/mol. The van der Waals surface area contributed by atoms with Crippen molar-refractivity contribution in [2.75, 3.05) is 13.1 Å². The molecule has 0 amide bonds. The Labute approximate surface area is 119 Å². The first-order valence-electron chi connectivity index (χ1n) is 7.50. The predicted molar refractivity (Wildman–Crippen MR) is 77.3 cm³/mol. The van der Waals surface area contributed by atoms with Crippen molar-refractivity contribution in [3.05, 3.63) is 47.5 Å². The summed E-state index contributed by atoms with van der Waals surface area (Å²) in [5, 5.41) is 7.53. The van der Waals surface area contributed by atoms with Gasteiger partial charge in [-0.3, -0.25) is 15.0 Å². The van der Waals surface area contributed by atoms with Crippen LogP contribution in [0.4, 0.5) is 0 Å². The van der Waals surface area contributed by atoms with Crippen molar-refractivity contribution in [3.8, 4) is 0 Å². The van der Waals surface area contributed by atoms with Gasteiger partial charge in [-0.25, -0.2) is 0 Å². The van der Waals surface area contributed by atoms with Gasteiger partial charge in [0, 0.05) is 36.6 Å². The Morgan fingerprint density at radius 2 is 2.15 bits per heavy atom. The smallest absolute Gasteiger partial charge is 0.0522 e. The molecule has 0 aromatic carbocycles. The molecule has 3 heterocycles. The Bertz CT molecular complexity index is 592. The van der Waals surface area contributed by atoms with Gasteiger partial charge in [0.1, 0.15) is 0 Å². The van der Waals surface area contributed by atoms with Gasteiger partial charge in [0.25, 0.3) is 0 Å². The van der Waals surface area contributed by atoms with Crippen molar-refractivity contribution in [1.82, 2.24) is 20.1 Å². The number of rotatable bonds is 2. The molecule has 1 fully saturated rings. The van der Waals surface area contributed by atoms with Crippen LogP contribution < -0.4 is 0 Å². The highest BCUT2D eigenvalue weighted by Gasteiger charge is 2.43. The monoisotopic (exact) mass is 268 g/mol. The average Bonchev–Trinajstić information content (AvgIpc) is 3.06. The van der Waals surface area contributed by atoms with Crippen LogP contribution in [0.25, 0.3) is 0 Å². The number of nitrogens with one attached hydrogen (secondary N) is 1. The molecule has 2 aromatic heterocycles. The summed E-state index contributed by atoms with van der Waals surface area (Å²) in [5.74, 6) is 0. The summed E-state index contributed by atoms with van der Waals surface area (Å²) >= 11 is 0. The number of hydrogen-bond acceptors (Lipinski definition) is 3. The van der Waals surface area contributed by atoms with E-state index in [0.29, 0.717) is 5.41 Å². The third-order valence-corrected chi connectivity index (χ3v) is 4.93. The van der Waals surface area contributed by atoms with Crippen molar-refractivity contribution >= 4 is 0 Å². The SMILES string of the molecule is c1cc(CN2CCCC3(CCc4cn[nH]c43)C2)ccn1. The molecule has 4 rings (SSSR count). The second-order valence-electron chi connectivity index (χ2n) is 6.22. The summed E-state index contributed by atoms with van der Waals surface area (Å²) in [5.41, 5.74) is 4.55. The minimum absolute atomic E-state index is 0.330. The van der Waals surface area contributed by atoms with Gasteiger partial charge in [-0.2, -0.15) is 5.10 Å². The van der Waals surface area contributed by atoms with Crippen molar-refractivity contribution in [2.45, 2.75) is 37.6 Å². The number of hydrogen-bond donors (Lipinski definition) is 1. The van der Waals surface area contributed by atoms with Crippen LogP contribution in [0.1, 0.15) is 36.1 Å². The number of fused-ring (bicyclic) bond motifs is 2. The van der Waals surface area contributed by atoms with E-state index in [1.165, 1.54) is 49.0 Å². The van der Waals surface area contributed by atoms with E-state index in [1.807, 2.05) is 18.6 Å². The van der Waals surface area contributed by atoms with Crippen molar-refractivity contribution in [2.24, 2.45) is 0 Å². The van der Waals surface area contributed by atoms with E-state index in [0.717, 1.165) is 13.1 Å². The van der Waals surface area contributed by atoms with Gasteiger partial charge in [0.15, 0.2) is 0 Å². The van der Waals surface area contributed by atoms with Gasteiger partial charge >= 0.3 is 0 Å². The molecule has 104 valence electrons. The Kier molecular flexibility index (Phi) is 2.84. The Morgan fingerprint density at radius 3 is 3.05 bits per heavy atom. The first kappa shape index (κ1) is 12.1. The molecule has 1 aliphatic carbocycles. The minimum atomic E-state index is 0.330. The van der Waals surface area contributed by atoms with Gasteiger partial charge in [-0.15, -0.1) is 0 Å². The molecular weight excluding hydrogens is 248 g/mol. The van der Waals surface area contributed by atoms with E-state index in [2.05, 4.69) is 32.2 Å². The molecule has 1 N–H and O–H groups in total. The standard InChI is InChI=1S/C16H20N4/c1-5-16(6-2-14-10-18-19-15(14)16)12-20(9-1)11-13-3-7-17-8-4-13/h3-4,7-8,10H,1-2,5-6,9,11-12H2,(H,18,19). The number of piperidine rings is 1. The van der Waals surface area contributed by atoms with Crippen LogP contribution in [-0.4, -0.2) is 33.2 Å². The summed E-state index contributed by atoms with van der Waals surface area (Å²) in [7, 11) is 0. The molecule has 2 aromatic rings. The van der Waals surface area contributed by atoms with Crippen LogP contribution in [0.15, 0.2) is 30.7 Å². The first-order chi connectivity index (χ1) is 9.86. The van der Waals surface area contributed by atoms with Gasteiger partial charge in [-0.05, 0) is 55.5 Å². The van der Waals surface area contributed by atoms with Crippen molar-refractivity contribution in [1.29, 1.82) is 0 Å². The fourth-order valence-corrected chi connectivity index (χ4v) is 3.98. The second kappa shape index (κ2) is 4.70. The summed E-state index contributed by atoms with van der Waals surface area (Å²) in [4.78, 5) is 6.69. The Hall–Kier alpha value is -1.68. The van der Waals surface area contributed by atoms with Crippen LogP contribution >= 0.6 is 0 Å². The number of H-pyrrole nitrogens is 1. The van der Waals surface area contributed by atoms with Crippen molar-refractivity contribution in [3.63, 3.8) is 0 Å². The fraction of sp³-hybridized carbons (Fsp3) is 0.500. The molecule has 1 aliphatic heterocycles. The van der Waals surface area contributed by atoms with Crippen molar-refractivity contribution < 1.29 is 0 Å². The molecule has 0 saturated carbocycles. The summed E-state index contributed by atoms with van der Waals surface area (Å²) in [6, 6.07) is 4.25. The largest absolute Gasteiger partial charge is 0.298 e. The van der Waals surface area contributed by atoms with E-state index < -0.39 is 0 Å². The number of aryl methyl sites for hydroxylation is 1. The zero-order valence-corrected chi connectivity index (χ0v) is 11.7. The number of aromatic amines is 1. The molecule has 1 spiro atoms. The molecule has 1 unspecified atom stereocenters. The molecule has 20 heavy (non-hydrogen) atoms. The number of aromatic nitrogens is 3. The zero-order chi connectivity index (χ0) is 13.4. The maximum absolute atomic E-state index is 4.25. The lowest BCUT2D eigenvalue weighted by atomic mass is 9.77. The molecule has 0 bridgehead atoms. The van der Waals surface area contributed by atoms with Gasteiger partial charge in [0.05, 0.1) is 6.20 Å². The van der Waals surface area contributed by atoms with E-state index in [-0.39, 0.29) is 0 Å². The van der Waals surface area contributed by atoms with Gasteiger partial charge in [-0.1, -0.05) is 0 Å². The maximum Gasteiger partial charge on any atom is 0.0522 e. The quantitative estimate of drug-likeness (QED) is 0.909. The highest BCUT2D eigenvalue weighted by atomic mass is 15.2. The van der Waals surface area contributed by atoms with Crippen LogP contribution in [0.5, 0.6) is 0 Å². The number of pyridine rings is 1. The lowest BCUT2D eigenvalue weighted by Gasteiger charge is -2.40. The first-order valence-corrected chi connectivity index (χ1v) is 7.50. The highest BCUT2D eigenvalue weighted by Crippen LogP contribution is 2.43. The second-order valence-corrected chi connectivity index (χ2v) is 6.22. The van der Waals surface area contributed by atoms with Crippen LogP contribution in [0.2, 0.25) is 0 Å². The molecule has 0 radical (unpaired) electrons. The summed E-state index contributed by atoms with van der Waals surface area (Å²) in [6.07, 6.45) is 10.8. The van der Waals surface area contributed by atoms with Crippen LogP contribution in [0, 0.1) is 0 Å². The molecule has 1 saturated heterocycles. The fourth-order valence-electron chi connectivity index (χ4n) is 3.98. The predicted octanol–water partition coefficient (Wildman–Crippen LogP) is 2.28. The molecule has 4 heteroatoms. The van der Waals surface area contributed by atoms with E-state index in [9.17, 15) is 0 Å². The minimum Gasteiger partial charge on any atom is -0.298 e. The van der Waals surface area contributed by atoms with E-state index >= 15 is 0 Å². The molecule has 2 aliphatic rings. The molecular formula is C16H20N4. The number of nitrogens with zero attached hydrogens (tertiary/aromatic N) is 3. The number of likely N-dealkylation sites (tertiary alicyclic amines) is 1. The topological polar surface area (TPSA) is 44.8 Å². The van der Waals surface area contributed by atoms with Gasteiger partial charge < -0.3 is 0 Å². The summed E-state index contributed by atoms with van der Waals surface area (Å²) in [6.45, 7) is 3.39. The van der Waals surface area contributed by atoms with E-state index in [4.69, 9.17) is 0 Å². The maximum atomic E-state index is 4.25. The zero-order valence-electron chi connectivity index (χ0n) is 11.7. The Morgan fingerprint density at radius 1 is 1.25 bits per heavy atom. The highest BCUT2D eigenvalue weighted by molar-refractivity contribution is 5.33. The summed E-state index contributed by atoms with van der Waals surface area (Å²) < 4.78 is 0. The van der Waals surface area contributed by atoms with Crippen LogP contribution in [-0.2, 0) is 18.4 Å². The van der Waals surface area contributed by atoms with Gasteiger partial charge in [0.2, 0.25) is 0 Å². The lowest BCUT2D eigenvalue weighted by Crippen LogP contribution is -2.44. The van der Waals surface area contributed by atoms with Crippen LogP contribution in [0.3, 0.4) is 0 Å². The molecule has 4 nitrogen and oxygen atoms in total. The third-order valence-electron chi connectivity index (χ3n) is 4.93.